The van der Waals surface area contributed by atoms with Crippen LogP contribution < -0.4 is 0 Å². The van der Waals surface area contributed by atoms with E-state index in [9.17, 15) is 0 Å². The average Bonchev–Trinajstić information content (AvgIpc) is 2.13. The number of rotatable bonds is 8. The summed E-state index contributed by atoms with van der Waals surface area (Å²) in [6, 6.07) is 0. The summed E-state index contributed by atoms with van der Waals surface area (Å²) in [4.78, 5) is 0. The Labute approximate surface area is 97.8 Å². The van der Waals surface area contributed by atoms with Gasteiger partial charge in [0.25, 0.3) is 0 Å². The molecule has 0 radical (unpaired) electrons. The zero-order valence-electron chi connectivity index (χ0n) is 11.9. The molecule has 0 aromatic rings. The summed E-state index contributed by atoms with van der Waals surface area (Å²) in [6.07, 6.45) is 8.37. The number of hydrogen-bond donors (Lipinski definition) is 0. The van der Waals surface area contributed by atoms with Crippen LogP contribution in [0.2, 0.25) is 0 Å². The standard InChI is InChI=1S/C15H32/c1-7-9-11-15(10-8-2,14(5)6)12-13(3)4/h13-14H,7-12H2,1-6H3. The molecule has 92 valence electrons. The van der Waals surface area contributed by atoms with Crippen LogP contribution in [0.1, 0.15) is 80.1 Å². The molecule has 0 aromatic heterocycles. The lowest BCUT2D eigenvalue weighted by molar-refractivity contribution is 0.112. The molecule has 0 fully saturated rings. The zero-order chi connectivity index (χ0) is 11.9. The molecular formula is C15H32. The molecular weight excluding hydrogens is 180 g/mol. The van der Waals surface area contributed by atoms with Crippen LogP contribution in [0.4, 0.5) is 0 Å². The highest BCUT2D eigenvalue weighted by molar-refractivity contribution is 4.83. The van der Waals surface area contributed by atoms with E-state index in [1.54, 1.807) is 0 Å². The van der Waals surface area contributed by atoms with Crippen molar-refractivity contribution in [1.29, 1.82) is 0 Å². The van der Waals surface area contributed by atoms with Gasteiger partial charge < -0.3 is 0 Å². The van der Waals surface area contributed by atoms with E-state index >= 15 is 0 Å². The Hall–Kier alpha value is 0. The highest BCUT2D eigenvalue weighted by atomic mass is 14.4. The molecule has 0 saturated carbocycles. The summed E-state index contributed by atoms with van der Waals surface area (Å²) in [7, 11) is 0. The van der Waals surface area contributed by atoms with Crippen molar-refractivity contribution in [2.24, 2.45) is 17.3 Å². The first kappa shape index (κ1) is 15.0. The molecule has 15 heavy (non-hydrogen) atoms. The Morgan fingerprint density at radius 1 is 0.867 bits per heavy atom. The largest absolute Gasteiger partial charge is 0.0654 e. The fourth-order valence-electron chi connectivity index (χ4n) is 2.98. The molecule has 0 spiro atoms. The normalized spacial score (nSPS) is 16.0. The minimum absolute atomic E-state index is 0.624. The van der Waals surface area contributed by atoms with Crippen molar-refractivity contribution in [3.63, 3.8) is 0 Å². The van der Waals surface area contributed by atoms with Gasteiger partial charge in [-0.15, -0.1) is 0 Å². The Kier molecular flexibility index (Phi) is 7.30. The zero-order valence-corrected chi connectivity index (χ0v) is 11.9. The molecule has 0 N–H and O–H groups in total. The van der Waals surface area contributed by atoms with Crippen molar-refractivity contribution in [2.75, 3.05) is 0 Å². The van der Waals surface area contributed by atoms with Crippen molar-refractivity contribution >= 4 is 0 Å². The van der Waals surface area contributed by atoms with Crippen LogP contribution in [-0.4, -0.2) is 0 Å². The predicted octanol–water partition coefficient (Wildman–Crippen LogP) is 5.67. The maximum Gasteiger partial charge on any atom is -0.0272 e. The minimum atomic E-state index is 0.624. The Bertz CT molecular complexity index is 146. The van der Waals surface area contributed by atoms with Gasteiger partial charge in [0, 0.05) is 0 Å². The van der Waals surface area contributed by atoms with Gasteiger partial charge in [-0.3, -0.25) is 0 Å². The molecule has 0 heteroatoms. The molecule has 0 rings (SSSR count). The monoisotopic (exact) mass is 212 g/mol. The molecule has 0 bridgehead atoms. The van der Waals surface area contributed by atoms with Crippen LogP contribution in [-0.2, 0) is 0 Å². The topological polar surface area (TPSA) is 0 Å². The molecule has 1 atom stereocenters. The van der Waals surface area contributed by atoms with Crippen molar-refractivity contribution in [3.8, 4) is 0 Å². The van der Waals surface area contributed by atoms with E-state index in [4.69, 9.17) is 0 Å². The third-order valence-corrected chi connectivity index (χ3v) is 3.82. The fraction of sp³-hybridized carbons (Fsp3) is 1.00. The maximum absolute atomic E-state index is 2.42. The van der Waals surface area contributed by atoms with Crippen LogP contribution in [0, 0.1) is 17.3 Å². The Morgan fingerprint density at radius 2 is 1.47 bits per heavy atom. The van der Waals surface area contributed by atoms with Crippen LogP contribution in [0.15, 0.2) is 0 Å². The fourth-order valence-corrected chi connectivity index (χ4v) is 2.98. The SMILES string of the molecule is CCCCC(CCC)(CC(C)C)C(C)C. The van der Waals surface area contributed by atoms with Crippen molar-refractivity contribution < 1.29 is 0 Å². The lowest BCUT2D eigenvalue weighted by Gasteiger charge is -2.39. The second-order valence-electron chi connectivity index (χ2n) is 5.97. The first-order chi connectivity index (χ1) is 6.98. The van der Waals surface area contributed by atoms with Gasteiger partial charge in [0.05, 0.1) is 0 Å². The molecule has 0 saturated heterocycles. The first-order valence-corrected chi connectivity index (χ1v) is 6.98. The number of unbranched alkanes of at least 4 members (excludes halogenated alkanes) is 1. The number of hydrogen-bond acceptors (Lipinski definition) is 0. The highest BCUT2D eigenvalue weighted by Gasteiger charge is 2.32. The van der Waals surface area contributed by atoms with Gasteiger partial charge in [-0.2, -0.15) is 0 Å². The molecule has 0 aliphatic heterocycles. The highest BCUT2D eigenvalue weighted by Crippen LogP contribution is 2.43. The summed E-state index contributed by atoms with van der Waals surface area (Å²) >= 11 is 0. The summed E-state index contributed by atoms with van der Waals surface area (Å²) in [5, 5.41) is 0. The van der Waals surface area contributed by atoms with Gasteiger partial charge in [0.15, 0.2) is 0 Å². The molecule has 0 amide bonds. The van der Waals surface area contributed by atoms with E-state index in [1.807, 2.05) is 0 Å². The van der Waals surface area contributed by atoms with E-state index in [0.717, 1.165) is 11.8 Å². The molecule has 0 heterocycles. The summed E-state index contributed by atoms with van der Waals surface area (Å²) < 4.78 is 0. The quantitative estimate of drug-likeness (QED) is 0.486. The van der Waals surface area contributed by atoms with Gasteiger partial charge in [0.1, 0.15) is 0 Å². The van der Waals surface area contributed by atoms with Gasteiger partial charge >= 0.3 is 0 Å². The van der Waals surface area contributed by atoms with E-state index in [0.29, 0.717) is 5.41 Å². The van der Waals surface area contributed by atoms with Crippen LogP contribution in [0.3, 0.4) is 0 Å². The van der Waals surface area contributed by atoms with Crippen LogP contribution in [0.5, 0.6) is 0 Å². The molecule has 0 nitrogen and oxygen atoms in total. The van der Waals surface area contributed by atoms with Crippen LogP contribution in [0.25, 0.3) is 0 Å². The second kappa shape index (κ2) is 7.30. The lowest BCUT2D eigenvalue weighted by atomic mass is 9.66. The summed E-state index contributed by atoms with van der Waals surface area (Å²) in [5.74, 6) is 1.68. The van der Waals surface area contributed by atoms with Gasteiger partial charge in [-0.1, -0.05) is 60.8 Å². The van der Waals surface area contributed by atoms with E-state index in [1.165, 1.54) is 38.5 Å². The van der Waals surface area contributed by atoms with E-state index < -0.39 is 0 Å². The van der Waals surface area contributed by atoms with Crippen LogP contribution >= 0.6 is 0 Å². The van der Waals surface area contributed by atoms with Gasteiger partial charge in [-0.05, 0) is 36.5 Å². The van der Waals surface area contributed by atoms with Crippen molar-refractivity contribution in [2.45, 2.75) is 80.1 Å². The molecule has 0 aromatic carbocycles. The second-order valence-corrected chi connectivity index (χ2v) is 5.97. The average molecular weight is 212 g/mol. The molecule has 0 aliphatic rings. The lowest BCUT2D eigenvalue weighted by Crippen LogP contribution is -2.29. The van der Waals surface area contributed by atoms with Crippen molar-refractivity contribution in [1.82, 2.24) is 0 Å². The maximum atomic E-state index is 2.42. The van der Waals surface area contributed by atoms with Crippen molar-refractivity contribution in [3.05, 3.63) is 0 Å². The summed E-state index contributed by atoms with van der Waals surface area (Å²) in [5.41, 5.74) is 0.624. The van der Waals surface area contributed by atoms with Gasteiger partial charge in [-0.25, -0.2) is 0 Å². The van der Waals surface area contributed by atoms with Gasteiger partial charge in [0.2, 0.25) is 0 Å². The first-order valence-electron chi connectivity index (χ1n) is 6.98. The van der Waals surface area contributed by atoms with E-state index in [-0.39, 0.29) is 0 Å². The Balaban J connectivity index is 4.56. The predicted molar refractivity (Wildman–Crippen MR) is 71.2 cm³/mol. The minimum Gasteiger partial charge on any atom is -0.0654 e. The summed E-state index contributed by atoms with van der Waals surface area (Å²) in [6.45, 7) is 14.2. The third kappa shape index (κ3) is 5.04. The third-order valence-electron chi connectivity index (χ3n) is 3.82. The molecule has 0 aliphatic carbocycles. The molecule has 1 unspecified atom stereocenters. The smallest absolute Gasteiger partial charge is 0.0272 e. The Morgan fingerprint density at radius 3 is 1.80 bits per heavy atom. The van der Waals surface area contributed by atoms with E-state index in [2.05, 4.69) is 41.5 Å².